The third-order valence-corrected chi connectivity index (χ3v) is 4.70. The maximum absolute atomic E-state index is 11.5. The average molecular weight is 404 g/mol. The lowest BCUT2D eigenvalue weighted by Gasteiger charge is -2.03. The third-order valence-electron chi connectivity index (χ3n) is 4.10. The minimum atomic E-state index is -3.29. The highest BCUT2D eigenvalue weighted by Crippen LogP contribution is 2.11. The minimum absolute atomic E-state index is 0.264. The number of hydrogen-bond donors (Lipinski definition) is 0. The summed E-state index contributed by atoms with van der Waals surface area (Å²) in [6.07, 6.45) is 13.9. The summed E-state index contributed by atoms with van der Waals surface area (Å²) in [7, 11) is -3.29. The van der Waals surface area contributed by atoms with Crippen molar-refractivity contribution >= 4 is 16.1 Å². The van der Waals surface area contributed by atoms with Crippen LogP contribution in [0, 0.1) is 0 Å². The quantitative estimate of drug-likeness (QED) is 0.237. The van der Waals surface area contributed by atoms with Crippen LogP contribution in [0.5, 0.6) is 0 Å². The Labute approximate surface area is 162 Å². The molecule has 0 amide bonds. The first-order valence-electron chi connectivity index (χ1n) is 9.84. The molecule has 0 N–H and O–H groups in total. The summed E-state index contributed by atoms with van der Waals surface area (Å²) in [5.74, 6) is -0.424. The number of ether oxygens (including phenoxy) is 1. The van der Waals surface area contributed by atoms with Crippen molar-refractivity contribution in [2.45, 2.75) is 77.7 Å². The van der Waals surface area contributed by atoms with E-state index in [9.17, 15) is 13.2 Å². The van der Waals surface area contributed by atoms with Gasteiger partial charge in [0.15, 0.2) is 5.69 Å². The van der Waals surface area contributed by atoms with Crippen molar-refractivity contribution in [3.05, 3.63) is 11.9 Å². The zero-order valence-corrected chi connectivity index (χ0v) is 17.4. The Balaban J connectivity index is 1.90. The van der Waals surface area contributed by atoms with Crippen LogP contribution in [0.25, 0.3) is 0 Å². The van der Waals surface area contributed by atoms with Gasteiger partial charge >= 0.3 is 5.97 Å². The van der Waals surface area contributed by atoms with Gasteiger partial charge in [-0.25, -0.2) is 4.79 Å². The lowest BCUT2D eigenvalue weighted by molar-refractivity contribution is 0.0519. The first-order chi connectivity index (χ1) is 12.9. The molecule has 0 aliphatic carbocycles. The number of hydrogen-bond acceptors (Lipinski definition) is 7. The van der Waals surface area contributed by atoms with Crippen molar-refractivity contribution in [3.8, 4) is 0 Å². The Bertz CT molecular complexity index is 631. The van der Waals surface area contributed by atoms with Gasteiger partial charge < -0.3 is 4.74 Å². The maximum Gasteiger partial charge on any atom is 0.360 e. The van der Waals surface area contributed by atoms with Gasteiger partial charge in [0, 0.05) is 6.54 Å². The molecular weight excluding hydrogens is 370 g/mol. The molecule has 0 saturated carbocycles. The van der Waals surface area contributed by atoms with Crippen LogP contribution in [-0.2, 0) is 25.6 Å². The van der Waals surface area contributed by atoms with E-state index in [1.165, 1.54) is 32.1 Å². The monoisotopic (exact) mass is 403 g/mol. The van der Waals surface area contributed by atoms with Gasteiger partial charge in [0.2, 0.25) is 0 Å². The molecule has 1 aromatic rings. The van der Waals surface area contributed by atoms with Crippen LogP contribution in [-0.4, -0.2) is 48.9 Å². The molecule has 0 aliphatic heterocycles. The van der Waals surface area contributed by atoms with E-state index >= 15 is 0 Å². The summed E-state index contributed by atoms with van der Waals surface area (Å²) in [5, 5.41) is 7.77. The molecule has 0 fully saturated rings. The number of nitrogens with zero attached hydrogens (tertiary/aromatic N) is 3. The van der Waals surface area contributed by atoms with Gasteiger partial charge in [0.25, 0.3) is 10.1 Å². The van der Waals surface area contributed by atoms with Crippen molar-refractivity contribution in [3.63, 3.8) is 0 Å². The van der Waals surface area contributed by atoms with Crippen molar-refractivity contribution < 1.29 is 22.1 Å². The van der Waals surface area contributed by atoms with Gasteiger partial charge in [-0.3, -0.25) is 8.86 Å². The summed E-state index contributed by atoms with van der Waals surface area (Å²) < 4.78 is 32.9. The standard InChI is InChI=1S/C18H33N3O5S/c1-3-25-18(22)17-16-21(20-19-17)14-12-10-8-6-4-5-7-9-11-13-15-26-27(2,23)24/h16H,3-15H2,1-2H3. The molecule has 0 spiro atoms. The van der Waals surface area contributed by atoms with Crippen molar-refractivity contribution in [2.75, 3.05) is 19.5 Å². The molecule has 0 atom stereocenters. The number of carbonyl (C=O) groups is 1. The zero-order valence-electron chi connectivity index (χ0n) is 16.6. The van der Waals surface area contributed by atoms with E-state index in [0.717, 1.165) is 44.9 Å². The molecule has 0 bridgehead atoms. The van der Waals surface area contributed by atoms with Crippen LogP contribution < -0.4 is 0 Å². The lowest BCUT2D eigenvalue weighted by Crippen LogP contribution is -2.04. The molecule has 27 heavy (non-hydrogen) atoms. The van der Waals surface area contributed by atoms with Crippen LogP contribution in [0.1, 0.15) is 81.6 Å². The van der Waals surface area contributed by atoms with E-state index < -0.39 is 16.1 Å². The van der Waals surface area contributed by atoms with Gasteiger partial charge in [-0.1, -0.05) is 56.6 Å². The summed E-state index contributed by atoms with van der Waals surface area (Å²) in [6, 6.07) is 0. The van der Waals surface area contributed by atoms with E-state index in [1.807, 2.05) is 0 Å². The van der Waals surface area contributed by atoms with Crippen molar-refractivity contribution in [2.24, 2.45) is 0 Å². The van der Waals surface area contributed by atoms with E-state index in [4.69, 9.17) is 8.92 Å². The third kappa shape index (κ3) is 12.5. The van der Waals surface area contributed by atoms with E-state index in [1.54, 1.807) is 17.8 Å². The largest absolute Gasteiger partial charge is 0.461 e. The summed E-state index contributed by atoms with van der Waals surface area (Å²) in [5.41, 5.74) is 0.264. The van der Waals surface area contributed by atoms with Crippen LogP contribution in [0.2, 0.25) is 0 Å². The number of rotatable bonds is 16. The molecule has 1 rings (SSSR count). The fraction of sp³-hybridized carbons (Fsp3) is 0.833. The second kappa shape index (κ2) is 13.7. The Kier molecular flexibility index (Phi) is 11.9. The van der Waals surface area contributed by atoms with Gasteiger partial charge in [-0.2, -0.15) is 8.42 Å². The second-order valence-corrected chi connectivity index (χ2v) is 8.29. The topological polar surface area (TPSA) is 100 Å². The highest BCUT2D eigenvalue weighted by atomic mass is 32.2. The molecule has 9 heteroatoms. The molecule has 0 aromatic carbocycles. The number of esters is 1. The Morgan fingerprint density at radius 3 is 2.11 bits per heavy atom. The smallest absolute Gasteiger partial charge is 0.360 e. The predicted molar refractivity (Wildman–Crippen MR) is 103 cm³/mol. The van der Waals surface area contributed by atoms with Crippen molar-refractivity contribution in [1.29, 1.82) is 0 Å². The fourth-order valence-corrected chi connectivity index (χ4v) is 3.13. The lowest BCUT2D eigenvalue weighted by atomic mass is 10.1. The first kappa shape index (κ1) is 23.6. The molecule has 1 aromatic heterocycles. The van der Waals surface area contributed by atoms with Crippen LogP contribution >= 0.6 is 0 Å². The summed E-state index contributed by atoms with van der Waals surface area (Å²) in [4.78, 5) is 11.5. The first-order valence-corrected chi connectivity index (χ1v) is 11.7. The normalized spacial score (nSPS) is 11.6. The predicted octanol–water partition coefficient (Wildman–Crippen LogP) is 3.33. The van der Waals surface area contributed by atoms with Gasteiger partial charge in [0.05, 0.1) is 25.7 Å². The Morgan fingerprint density at radius 1 is 1.00 bits per heavy atom. The molecule has 0 radical (unpaired) electrons. The molecule has 0 saturated heterocycles. The summed E-state index contributed by atoms with van der Waals surface area (Å²) in [6.45, 7) is 3.16. The Hall–Kier alpha value is -1.48. The number of carbonyl (C=O) groups excluding carboxylic acids is 1. The highest BCUT2D eigenvalue weighted by Gasteiger charge is 2.11. The van der Waals surface area contributed by atoms with Gasteiger partial charge in [-0.05, 0) is 19.8 Å². The molecule has 0 unspecified atom stereocenters. The highest BCUT2D eigenvalue weighted by molar-refractivity contribution is 7.85. The van der Waals surface area contributed by atoms with Crippen LogP contribution in [0.4, 0.5) is 0 Å². The number of aromatic nitrogens is 3. The van der Waals surface area contributed by atoms with Gasteiger partial charge in [0.1, 0.15) is 0 Å². The maximum atomic E-state index is 11.5. The number of unbranched alkanes of at least 4 members (excludes halogenated alkanes) is 9. The fourth-order valence-electron chi connectivity index (χ4n) is 2.71. The minimum Gasteiger partial charge on any atom is -0.461 e. The second-order valence-electron chi connectivity index (χ2n) is 6.65. The molecule has 156 valence electrons. The SMILES string of the molecule is CCOC(=O)c1cn(CCCCCCCCCCCCOS(C)(=O)=O)nn1. The zero-order chi connectivity index (χ0) is 20.0. The van der Waals surface area contributed by atoms with E-state index in [0.29, 0.717) is 13.2 Å². The average Bonchev–Trinajstić information content (AvgIpc) is 3.07. The summed E-state index contributed by atoms with van der Waals surface area (Å²) >= 11 is 0. The molecular formula is C18H33N3O5S. The molecule has 8 nitrogen and oxygen atoms in total. The Morgan fingerprint density at radius 2 is 1.56 bits per heavy atom. The van der Waals surface area contributed by atoms with Crippen LogP contribution in [0.3, 0.4) is 0 Å². The molecule has 0 aliphatic rings. The molecule has 1 heterocycles. The van der Waals surface area contributed by atoms with Crippen molar-refractivity contribution in [1.82, 2.24) is 15.0 Å². The van der Waals surface area contributed by atoms with Gasteiger partial charge in [-0.15, -0.1) is 5.10 Å². The van der Waals surface area contributed by atoms with E-state index in [2.05, 4.69) is 10.3 Å². The number of aryl methyl sites for hydroxylation is 1. The van der Waals surface area contributed by atoms with E-state index in [-0.39, 0.29) is 5.69 Å². The van der Waals surface area contributed by atoms with Crippen LogP contribution in [0.15, 0.2) is 6.20 Å².